The van der Waals surface area contributed by atoms with Crippen LogP contribution in [0.5, 0.6) is 5.75 Å². The quantitative estimate of drug-likeness (QED) is 0.910. The minimum Gasteiger partial charge on any atom is -0.497 e. The van der Waals surface area contributed by atoms with E-state index in [4.69, 9.17) is 4.74 Å². The van der Waals surface area contributed by atoms with Crippen LogP contribution < -0.4 is 10.1 Å². The first-order chi connectivity index (χ1) is 9.63. The first-order valence-corrected chi connectivity index (χ1v) is 6.56. The Labute approximate surface area is 118 Å². The number of nitrogens with one attached hydrogen (secondary N) is 1. The number of hydrogen-bond acceptors (Lipinski definition) is 3. The van der Waals surface area contributed by atoms with Crippen LogP contribution in [0.25, 0.3) is 0 Å². The normalized spacial score (nSPS) is 12.2. The van der Waals surface area contributed by atoms with Gasteiger partial charge < -0.3 is 10.1 Å². The average molecular weight is 274 g/mol. The van der Waals surface area contributed by atoms with Crippen molar-refractivity contribution in [2.45, 2.75) is 19.4 Å². The van der Waals surface area contributed by atoms with Crippen molar-refractivity contribution in [3.05, 3.63) is 59.2 Å². The molecule has 4 heteroatoms. The molecule has 1 atom stereocenters. The SMILES string of the molecule is CNC(Cc1ccc(C)cn1)c1ccc(OC)cc1F. The maximum atomic E-state index is 14.1. The van der Waals surface area contributed by atoms with Crippen LogP contribution in [0.1, 0.15) is 22.9 Å². The topological polar surface area (TPSA) is 34.2 Å². The largest absolute Gasteiger partial charge is 0.497 e. The summed E-state index contributed by atoms with van der Waals surface area (Å²) in [6.45, 7) is 2.00. The second-order valence-electron chi connectivity index (χ2n) is 4.76. The van der Waals surface area contributed by atoms with Crippen LogP contribution in [0, 0.1) is 12.7 Å². The molecular weight excluding hydrogens is 255 g/mol. The minimum absolute atomic E-state index is 0.115. The monoisotopic (exact) mass is 274 g/mol. The van der Waals surface area contributed by atoms with Gasteiger partial charge in [0.15, 0.2) is 0 Å². The summed E-state index contributed by atoms with van der Waals surface area (Å²) in [6, 6.07) is 8.80. The van der Waals surface area contributed by atoms with Crippen LogP contribution in [-0.2, 0) is 6.42 Å². The first-order valence-electron chi connectivity index (χ1n) is 6.56. The van der Waals surface area contributed by atoms with Gasteiger partial charge in [0.05, 0.1) is 7.11 Å². The molecule has 0 saturated carbocycles. The maximum Gasteiger partial charge on any atom is 0.131 e. The number of nitrogens with zero attached hydrogens (tertiary/aromatic N) is 1. The molecule has 1 N–H and O–H groups in total. The Bertz CT molecular complexity index is 569. The predicted octanol–water partition coefficient (Wildman–Crippen LogP) is 3.04. The molecule has 0 aliphatic rings. The standard InChI is InChI=1S/C16H19FN2O/c1-11-4-5-12(19-10-11)8-16(18-2)14-7-6-13(20-3)9-15(14)17/h4-7,9-10,16,18H,8H2,1-3H3. The highest BCUT2D eigenvalue weighted by Crippen LogP contribution is 2.24. The lowest BCUT2D eigenvalue weighted by atomic mass is 10.0. The molecule has 1 unspecified atom stereocenters. The van der Waals surface area contributed by atoms with Gasteiger partial charge in [0.2, 0.25) is 0 Å². The molecule has 2 rings (SSSR count). The second kappa shape index (κ2) is 6.48. The highest BCUT2D eigenvalue weighted by atomic mass is 19.1. The van der Waals surface area contributed by atoms with Crippen molar-refractivity contribution in [2.24, 2.45) is 0 Å². The summed E-state index contributed by atoms with van der Waals surface area (Å²) in [4.78, 5) is 4.37. The van der Waals surface area contributed by atoms with Crippen molar-refractivity contribution >= 4 is 0 Å². The van der Waals surface area contributed by atoms with E-state index in [1.165, 1.54) is 13.2 Å². The summed E-state index contributed by atoms with van der Waals surface area (Å²) in [7, 11) is 3.35. The zero-order valence-corrected chi connectivity index (χ0v) is 12.0. The van der Waals surface area contributed by atoms with Crippen LogP contribution in [0.2, 0.25) is 0 Å². The molecule has 106 valence electrons. The summed E-state index contributed by atoms with van der Waals surface area (Å²) >= 11 is 0. The van der Waals surface area contributed by atoms with Crippen LogP contribution in [0.15, 0.2) is 36.5 Å². The number of aryl methyl sites for hydroxylation is 1. The maximum absolute atomic E-state index is 14.1. The molecule has 0 radical (unpaired) electrons. The third kappa shape index (κ3) is 3.33. The predicted molar refractivity (Wildman–Crippen MR) is 77.4 cm³/mol. The fourth-order valence-electron chi connectivity index (χ4n) is 2.11. The molecule has 0 amide bonds. The Morgan fingerprint density at radius 3 is 2.65 bits per heavy atom. The van der Waals surface area contributed by atoms with Gasteiger partial charge in [0.25, 0.3) is 0 Å². The highest BCUT2D eigenvalue weighted by molar-refractivity contribution is 5.31. The molecule has 2 aromatic rings. The van der Waals surface area contributed by atoms with Gasteiger partial charge in [-0.3, -0.25) is 4.98 Å². The lowest BCUT2D eigenvalue weighted by molar-refractivity contribution is 0.409. The Hall–Kier alpha value is -1.94. The smallest absolute Gasteiger partial charge is 0.131 e. The summed E-state index contributed by atoms with van der Waals surface area (Å²) in [6.07, 6.45) is 2.46. The average Bonchev–Trinajstić information content (AvgIpc) is 2.47. The van der Waals surface area contributed by atoms with E-state index < -0.39 is 0 Å². The summed E-state index contributed by atoms with van der Waals surface area (Å²) in [5.74, 6) is 0.255. The van der Waals surface area contributed by atoms with E-state index in [1.807, 2.05) is 32.3 Å². The Morgan fingerprint density at radius 1 is 1.30 bits per heavy atom. The van der Waals surface area contributed by atoms with Gasteiger partial charge in [-0.2, -0.15) is 0 Å². The van der Waals surface area contributed by atoms with E-state index in [9.17, 15) is 4.39 Å². The molecule has 3 nitrogen and oxygen atoms in total. The van der Waals surface area contributed by atoms with Crippen molar-refractivity contribution in [3.8, 4) is 5.75 Å². The van der Waals surface area contributed by atoms with Crippen molar-refractivity contribution < 1.29 is 9.13 Å². The Morgan fingerprint density at radius 2 is 2.10 bits per heavy atom. The van der Waals surface area contributed by atoms with Crippen LogP contribution in [0.4, 0.5) is 4.39 Å². The number of rotatable bonds is 5. The lowest BCUT2D eigenvalue weighted by Crippen LogP contribution is -2.20. The third-order valence-corrected chi connectivity index (χ3v) is 3.32. The summed E-state index contributed by atoms with van der Waals surface area (Å²) in [5, 5.41) is 3.14. The van der Waals surface area contributed by atoms with Gasteiger partial charge in [0, 0.05) is 36.0 Å². The number of hydrogen-bond donors (Lipinski definition) is 1. The van der Waals surface area contributed by atoms with E-state index in [0.717, 1.165) is 11.3 Å². The fourth-order valence-corrected chi connectivity index (χ4v) is 2.11. The number of halogens is 1. The number of pyridine rings is 1. The molecule has 20 heavy (non-hydrogen) atoms. The molecule has 0 fully saturated rings. The molecule has 0 aliphatic carbocycles. The number of aromatic nitrogens is 1. The van der Waals surface area contributed by atoms with Crippen molar-refractivity contribution in [2.75, 3.05) is 14.2 Å². The van der Waals surface area contributed by atoms with E-state index in [-0.39, 0.29) is 11.9 Å². The minimum atomic E-state index is -0.268. The Balaban J connectivity index is 2.21. The number of likely N-dealkylation sites (N-methyl/N-ethyl adjacent to an activating group) is 1. The molecule has 0 aliphatic heterocycles. The van der Waals surface area contributed by atoms with Gasteiger partial charge >= 0.3 is 0 Å². The van der Waals surface area contributed by atoms with Crippen molar-refractivity contribution in [1.29, 1.82) is 0 Å². The van der Waals surface area contributed by atoms with Gasteiger partial charge in [-0.1, -0.05) is 12.1 Å². The van der Waals surface area contributed by atoms with Crippen LogP contribution in [-0.4, -0.2) is 19.1 Å². The number of methoxy groups -OCH3 is 1. The zero-order valence-electron chi connectivity index (χ0n) is 12.0. The van der Waals surface area contributed by atoms with Gasteiger partial charge in [-0.15, -0.1) is 0 Å². The van der Waals surface area contributed by atoms with Crippen LogP contribution in [0.3, 0.4) is 0 Å². The van der Waals surface area contributed by atoms with Crippen molar-refractivity contribution in [1.82, 2.24) is 10.3 Å². The molecule has 0 bridgehead atoms. The van der Waals surface area contributed by atoms with E-state index in [2.05, 4.69) is 10.3 Å². The molecule has 0 saturated heterocycles. The fraction of sp³-hybridized carbons (Fsp3) is 0.312. The lowest BCUT2D eigenvalue weighted by Gasteiger charge is -2.17. The summed E-state index contributed by atoms with van der Waals surface area (Å²) < 4.78 is 19.1. The first kappa shape index (κ1) is 14.5. The molecule has 0 spiro atoms. The Kier molecular flexibility index (Phi) is 4.69. The highest BCUT2D eigenvalue weighted by Gasteiger charge is 2.15. The van der Waals surface area contributed by atoms with Crippen LogP contribution >= 0.6 is 0 Å². The third-order valence-electron chi connectivity index (χ3n) is 3.32. The summed E-state index contributed by atoms with van der Waals surface area (Å²) in [5.41, 5.74) is 2.67. The zero-order chi connectivity index (χ0) is 14.5. The number of benzene rings is 1. The second-order valence-corrected chi connectivity index (χ2v) is 4.76. The molecule has 1 aromatic heterocycles. The van der Waals surface area contributed by atoms with Gasteiger partial charge in [0.1, 0.15) is 11.6 Å². The van der Waals surface area contributed by atoms with E-state index in [1.54, 1.807) is 12.1 Å². The molecule has 1 heterocycles. The number of ether oxygens (including phenoxy) is 1. The van der Waals surface area contributed by atoms with Crippen molar-refractivity contribution in [3.63, 3.8) is 0 Å². The molecule has 1 aromatic carbocycles. The van der Waals surface area contributed by atoms with E-state index >= 15 is 0 Å². The van der Waals surface area contributed by atoms with Gasteiger partial charge in [-0.25, -0.2) is 4.39 Å². The van der Waals surface area contributed by atoms with E-state index in [0.29, 0.717) is 17.7 Å². The molecular formula is C16H19FN2O. The van der Waals surface area contributed by atoms with Gasteiger partial charge in [-0.05, 0) is 31.7 Å².